The summed E-state index contributed by atoms with van der Waals surface area (Å²) in [7, 11) is 0. The smallest absolute Gasteiger partial charge is 0.267 e. The summed E-state index contributed by atoms with van der Waals surface area (Å²) in [6.45, 7) is 10.5. The average Bonchev–Trinajstić information content (AvgIpc) is 3.29. The molecule has 1 saturated heterocycles. The number of hydrogen-bond donors (Lipinski definition) is 4. The third-order valence-electron chi connectivity index (χ3n) is 5.71. The highest BCUT2D eigenvalue weighted by Crippen LogP contribution is 2.28. The summed E-state index contributed by atoms with van der Waals surface area (Å²) in [5.41, 5.74) is 4.11. The van der Waals surface area contributed by atoms with Crippen molar-refractivity contribution in [2.75, 3.05) is 32.9 Å². The van der Waals surface area contributed by atoms with Crippen LogP contribution < -0.4 is 21.0 Å². The van der Waals surface area contributed by atoms with Gasteiger partial charge in [0.25, 0.3) is 5.91 Å². The molecule has 0 aromatic carbocycles. The number of nitrogens with one attached hydrogen (secondary N) is 4. The Bertz CT molecular complexity index is 1250. The lowest BCUT2D eigenvalue weighted by atomic mass is 9.88. The van der Waals surface area contributed by atoms with Crippen LogP contribution in [0.1, 0.15) is 37.8 Å². The number of aryl methyl sites for hydroxylation is 1. The largest absolute Gasteiger partial charge is 0.474 e. The van der Waals surface area contributed by atoms with E-state index in [0.29, 0.717) is 43.5 Å². The molecule has 0 bridgehead atoms. The lowest BCUT2D eigenvalue weighted by molar-refractivity contribution is -0.123. The van der Waals surface area contributed by atoms with Gasteiger partial charge in [-0.3, -0.25) is 21.0 Å². The lowest BCUT2D eigenvalue weighted by Crippen LogP contribution is -2.49. The highest BCUT2D eigenvalue weighted by Gasteiger charge is 2.24. The van der Waals surface area contributed by atoms with Crippen LogP contribution in [0.2, 0.25) is 0 Å². The van der Waals surface area contributed by atoms with Gasteiger partial charge in [0.15, 0.2) is 11.5 Å². The minimum absolute atomic E-state index is 0.0347. The van der Waals surface area contributed by atoms with Gasteiger partial charge >= 0.3 is 0 Å². The van der Waals surface area contributed by atoms with Gasteiger partial charge in [-0.05, 0) is 24.5 Å². The Balaban J connectivity index is 1.45. The molecule has 2 aliphatic rings. The van der Waals surface area contributed by atoms with Crippen LogP contribution in [0, 0.1) is 17.7 Å². The number of aromatic nitrogens is 3. The molecule has 0 radical (unpaired) electrons. The lowest BCUT2D eigenvalue weighted by Gasteiger charge is -2.27. The second-order valence-corrected chi connectivity index (χ2v) is 9.66. The van der Waals surface area contributed by atoms with Crippen LogP contribution in [0.25, 0.3) is 0 Å². The second-order valence-electron chi connectivity index (χ2n) is 9.66. The zero-order valence-electron chi connectivity index (χ0n) is 20.9. The van der Waals surface area contributed by atoms with Gasteiger partial charge in [-0.25, -0.2) is 5.01 Å². The number of hydrazine groups is 1. The topological polar surface area (TPSA) is 154 Å². The fourth-order valence-corrected chi connectivity index (χ4v) is 3.68. The zero-order valence-corrected chi connectivity index (χ0v) is 20.9. The third kappa shape index (κ3) is 5.89. The van der Waals surface area contributed by atoms with E-state index in [1.165, 1.54) is 4.68 Å². The molecule has 0 spiro atoms. The maximum atomic E-state index is 12.5. The van der Waals surface area contributed by atoms with E-state index in [0.717, 1.165) is 5.56 Å². The van der Waals surface area contributed by atoms with E-state index < -0.39 is 0 Å². The standard InChI is InChI=1S/C24H32N8O4/c1-15-11-19(30-36-15)21(26)32-20(25)12-18(24(2,3)4)23(29-32)35-14-17-6-5-16(13-27-17)22(33)28-31-7-9-34-10-8-31/h5-6,11-13,17,25-27H,7-10,14H2,1-4H3,(H,28,33). The number of nitrogens with zero attached hydrogens (tertiary/aromatic N) is 4. The van der Waals surface area contributed by atoms with Crippen molar-refractivity contribution in [1.82, 2.24) is 30.7 Å². The summed E-state index contributed by atoms with van der Waals surface area (Å²) < 4.78 is 17.6. The maximum absolute atomic E-state index is 12.5. The molecule has 0 saturated carbocycles. The molecule has 1 unspecified atom stereocenters. The van der Waals surface area contributed by atoms with E-state index in [9.17, 15) is 4.79 Å². The molecule has 0 aliphatic carbocycles. The molecule has 12 nitrogen and oxygen atoms in total. The van der Waals surface area contributed by atoms with Gasteiger partial charge in [0.2, 0.25) is 5.88 Å². The van der Waals surface area contributed by atoms with E-state index in [4.69, 9.17) is 24.8 Å². The summed E-state index contributed by atoms with van der Waals surface area (Å²) in [6, 6.07) is 3.08. The fourth-order valence-electron chi connectivity index (χ4n) is 3.68. The summed E-state index contributed by atoms with van der Waals surface area (Å²) in [4.78, 5) is 12.5. The quantitative estimate of drug-likeness (QED) is 0.341. The van der Waals surface area contributed by atoms with Gasteiger partial charge in [-0.15, -0.1) is 5.10 Å². The molecule has 2 aliphatic heterocycles. The van der Waals surface area contributed by atoms with Crippen LogP contribution in [0.3, 0.4) is 0 Å². The van der Waals surface area contributed by atoms with Crippen molar-refractivity contribution >= 4 is 11.7 Å². The molecular weight excluding hydrogens is 464 g/mol. The van der Waals surface area contributed by atoms with Gasteiger partial charge in [0.1, 0.15) is 17.9 Å². The minimum Gasteiger partial charge on any atom is -0.474 e. The van der Waals surface area contributed by atoms with Gasteiger partial charge in [0, 0.05) is 30.9 Å². The predicted octanol–water partition coefficient (Wildman–Crippen LogP) is 0.984. The molecule has 2 aromatic rings. The van der Waals surface area contributed by atoms with Gasteiger partial charge in [-0.2, -0.15) is 4.68 Å². The first kappa shape index (κ1) is 25.3. The Morgan fingerprint density at radius 1 is 1.31 bits per heavy atom. The molecule has 4 N–H and O–H groups in total. The Morgan fingerprint density at radius 3 is 2.67 bits per heavy atom. The number of morpholine rings is 1. The summed E-state index contributed by atoms with van der Waals surface area (Å²) in [5.74, 6) is 0.603. The average molecular weight is 497 g/mol. The van der Waals surface area contributed by atoms with Crippen LogP contribution >= 0.6 is 0 Å². The second kappa shape index (κ2) is 10.5. The van der Waals surface area contributed by atoms with Crippen molar-refractivity contribution in [2.45, 2.75) is 39.2 Å². The number of amides is 1. The molecule has 2 aromatic heterocycles. The molecular formula is C24H32N8O4. The number of ether oxygens (including phenoxy) is 2. The SMILES string of the molecule is Cc1cc(C(=N)n2nc(OCC3C=CC(C(=O)NN4CCOCC4)=CN3)c(C(C)(C)C)cc2=N)no1. The summed E-state index contributed by atoms with van der Waals surface area (Å²) in [6.07, 6.45) is 5.28. The van der Waals surface area contributed by atoms with Gasteiger partial charge in [0.05, 0.1) is 24.8 Å². The first-order chi connectivity index (χ1) is 17.1. The van der Waals surface area contributed by atoms with E-state index in [1.54, 1.807) is 31.3 Å². The van der Waals surface area contributed by atoms with E-state index >= 15 is 0 Å². The number of carbonyl (C=O) groups is 1. The van der Waals surface area contributed by atoms with Crippen molar-refractivity contribution < 1.29 is 18.8 Å². The zero-order chi connectivity index (χ0) is 25.9. The van der Waals surface area contributed by atoms with E-state index in [1.807, 2.05) is 31.9 Å². The van der Waals surface area contributed by atoms with Crippen LogP contribution in [0.15, 0.2) is 40.6 Å². The summed E-state index contributed by atoms with van der Waals surface area (Å²) in [5, 5.41) is 30.2. The summed E-state index contributed by atoms with van der Waals surface area (Å²) >= 11 is 0. The van der Waals surface area contributed by atoms with Crippen molar-refractivity contribution in [3.05, 3.63) is 58.6 Å². The maximum Gasteiger partial charge on any atom is 0.267 e. The molecule has 1 fully saturated rings. The Labute approximate surface area is 208 Å². The monoisotopic (exact) mass is 496 g/mol. The first-order valence-electron chi connectivity index (χ1n) is 11.7. The Morgan fingerprint density at radius 2 is 2.06 bits per heavy atom. The van der Waals surface area contributed by atoms with Gasteiger partial charge < -0.3 is 19.3 Å². The highest BCUT2D eigenvalue weighted by molar-refractivity contribution is 5.96. The molecule has 12 heteroatoms. The van der Waals surface area contributed by atoms with Crippen molar-refractivity contribution in [2.24, 2.45) is 0 Å². The van der Waals surface area contributed by atoms with Crippen molar-refractivity contribution in [3.8, 4) is 5.88 Å². The van der Waals surface area contributed by atoms with Crippen LogP contribution in [-0.4, -0.2) is 70.6 Å². The minimum atomic E-state index is -0.343. The van der Waals surface area contributed by atoms with Crippen LogP contribution in [0.5, 0.6) is 5.88 Å². The van der Waals surface area contributed by atoms with Crippen molar-refractivity contribution in [3.63, 3.8) is 0 Å². The number of carbonyl (C=O) groups excluding carboxylic acids is 1. The highest BCUT2D eigenvalue weighted by atomic mass is 16.5. The first-order valence-corrected chi connectivity index (χ1v) is 11.7. The molecule has 1 atom stereocenters. The number of dihydropyridines is 1. The van der Waals surface area contributed by atoms with Crippen LogP contribution in [-0.2, 0) is 14.9 Å². The normalized spacial score (nSPS) is 18.3. The molecule has 1 amide bonds. The van der Waals surface area contributed by atoms with Gasteiger partial charge in [-0.1, -0.05) is 32.0 Å². The number of rotatable bonds is 6. The molecule has 192 valence electrons. The molecule has 36 heavy (non-hydrogen) atoms. The third-order valence-corrected chi connectivity index (χ3v) is 5.71. The van der Waals surface area contributed by atoms with E-state index in [2.05, 4.69) is 21.0 Å². The fraction of sp³-hybridized carbons (Fsp3) is 0.458. The Kier molecular flexibility index (Phi) is 7.36. The Hall–Kier alpha value is -3.77. The molecule has 4 rings (SSSR count). The van der Waals surface area contributed by atoms with Crippen molar-refractivity contribution in [1.29, 1.82) is 10.8 Å². The van der Waals surface area contributed by atoms with E-state index in [-0.39, 0.29) is 41.0 Å². The van der Waals surface area contributed by atoms with Crippen LogP contribution in [0.4, 0.5) is 0 Å². The molecule has 4 heterocycles. The predicted molar refractivity (Wildman–Crippen MR) is 130 cm³/mol. The number of hydrogen-bond acceptors (Lipinski definition) is 10.